The van der Waals surface area contributed by atoms with Crippen molar-refractivity contribution >= 4 is 0 Å². The van der Waals surface area contributed by atoms with Gasteiger partial charge in [-0.3, -0.25) is 4.90 Å². The van der Waals surface area contributed by atoms with Crippen molar-refractivity contribution in [3.05, 3.63) is 12.2 Å². The standard InChI is InChI=1S/C12H26N2O/c1-6-14(7-8-15)10-11(2)9-13-12(3,4)5/h13,15H,2,6-10H2,1,3-5H3. The second-order valence-corrected chi connectivity index (χ2v) is 4.95. The SMILES string of the molecule is C=C(CNC(C)(C)C)CN(CC)CCO. The van der Waals surface area contributed by atoms with E-state index < -0.39 is 0 Å². The number of nitrogens with zero attached hydrogens (tertiary/aromatic N) is 1. The summed E-state index contributed by atoms with van der Waals surface area (Å²) in [5.41, 5.74) is 1.30. The minimum absolute atomic E-state index is 0.136. The Morgan fingerprint density at radius 1 is 1.40 bits per heavy atom. The third kappa shape index (κ3) is 8.60. The first-order valence-electron chi connectivity index (χ1n) is 5.64. The van der Waals surface area contributed by atoms with Crippen molar-refractivity contribution in [1.29, 1.82) is 0 Å². The smallest absolute Gasteiger partial charge is 0.0558 e. The molecular formula is C12H26N2O. The van der Waals surface area contributed by atoms with E-state index in [0.717, 1.165) is 26.2 Å². The number of nitrogens with one attached hydrogen (secondary N) is 1. The predicted molar refractivity (Wildman–Crippen MR) is 66.1 cm³/mol. The maximum Gasteiger partial charge on any atom is 0.0558 e. The third-order valence-corrected chi connectivity index (χ3v) is 2.18. The lowest BCUT2D eigenvalue weighted by molar-refractivity contribution is 0.211. The molecule has 0 aliphatic rings. The van der Waals surface area contributed by atoms with Gasteiger partial charge in [0.1, 0.15) is 0 Å². The van der Waals surface area contributed by atoms with Crippen molar-refractivity contribution < 1.29 is 5.11 Å². The number of aliphatic hydroxyl groups excluding tert-OH is 1. The van der Waals surface area contributed by atoms with Crippen LogP contribution in [0.1, 0.15) is 27.7 Å². The summed E-state index contributed by atoms with van der Waals surface area (Å²) in [4.78, 5) is 2.19. The van der Waals surface area contributed by atoms with Gasteiger partial charge in [-0.15, -0.1) is 0 Å². The monoisotopic (exact) mass is 214 g/mol. The van der Waals surface area contributed by atoms with E-state index in [0.29, 0.717) is 0 Å². The number of hydrogen-bond donors (Lipinski definition) is 2. The molecule has 0 aromatic heterocycles. The van der Waals surface area contributed by atoms with E-state index in [-0.39, 0.29) is 12.1 Å². The van der Waals surface area contributed by atoms with Gasteiger partial charge in [0, 0.05) is 25.2 Å². The fourth-order valence-corrected chi connectivity index (χ4v) is 1.25. The van der Waals surface area contributed by atoms with Gasteiger partial charge in [-0.05, 0) is 32.9 Å². The average Bonchev–Trinajstić information content (AvgIpc) is 2.13. The summed E-state index contributed by atoms with van der Waals surface area (Å²) in [6.45, 7) is 16.2. The Kier molecular flexibility index (Phi) is 6.81. The van der Waals surface area contributed by atoms with Crippen molar-refractivity contribution in [2.75, 3.05) is 32.8 Å². The predicted octanol–water partition coefficient (Wildman–Crippen LogP) is 1.24. The lowest BCUT2D eigenvalue weighted by atomic mass is 10.1. The first-order valence-corrected chi connectivity index (χ1v) is 5.64. The van der Waals surface area contributed by atoms with Gasteiger partial charge in [0.2, 0.25) is 0 Å². The maximum atomic E-state index is 8.85. The molecule has 3 nitrogen and oxygen atoms in total. The van der Waals surface area contributed by atoms with E-state index >= 15 is 0 Å². The summed E-state index contributed by atoms with van der Waals surface area (Å²) in [7, 11) is 0. The fraction of sp³-hybridized carbons (Fsp3) is 0.833. The van der Waals surface area contributed by atoms with E-state index in [1.165, 1.54) is 5.57 Å². The van der Waals surface area contributed by atoms with E-state index in [4.69, 9.17) is 5.11 Å². The molecule has 3 heteroatoms. The maximum absolute atomic E-state index is 8.85. The van der Waals surface area contributed by atoms with Crippen LogP contribution in [0, 0.1) is 0 Å². The van der Waals surface area contributed by atoms with E-state index in [1.807, 2.05) is 0 Å². The van der Waals surface area contributed by atoms with Gasteiger partial charge < -0.3 is 10.4 Å². The molecule has 2 N–H and O–H groups in total. The highest BCUT2D eigenvalue weighted by Gasteiger charge is 2.10. The molecule has 0 spiro atoms. The minimum Gasteiger partial charge on any atom is -0.395 e. The van der Waals surface area contributed by atoms with Crippen molar-refractivity contribution in [2.24, 2.45) is 0 Å². The Bertz CT molecular complexity index is 185. The number of likely N-dealkylation sites (N-methyl/N-ethyl adjacent to an activating group) is 1. The zero-order valence-corrected chi connectivity index (χ0v) is 10.6. The lowest BCUT2D eigenvalue weighted by Gasteiger charge is -2.24. The first-order chi connectivity index (χ1) is 6.89. The first kappa shape index (κ1) is 14.6. The zero-order chi connectivity index (χ0) is 11.9. The largest absolute Gasteiger partial charge is 0.395 e. The topological polar surface area (TPSA) is 35.5 Å². The molecule has 15 heavy (non-hydrogen) atoms. The quantitative estimate of drug-likeness (QED) is 0.626. The molecule has 90 valence electrons. The van der Waals surface area contributed by atoms with Gasteiger partial charge in [-0.1, -0.05) is 13.5 Å². The van der Waals surface area contributed by atoms with Crippen LogP contribution in [0.4, 0.5) is 0 Å². The Morgan fingerprint density at radius 2 is 2.00 bits per heavy atom. The van der Waals surface area contributed by atoms with Crippen LogP contribution in [0.15, 0.2) is 12.2 Å². The molecule has 0 radical (unpaired) electrons. The van der Waals surface area contributed by atoms with Crippen LogP contribution in [-0.4, -0.2) is 48.3 Å². The highest BCUT2D eigenvalue weighted by Crippen LogP contribution is 2.01. The van der Waals surface area contributed by atoms with Crippen LogP contribution in [0.25, 0.3) is 0 Å². The summed E-state index contributed by atoms with van der Waals surface area (Å²) in [5, 5.41) is 12.3. The van der Waals surface area contributed by atoms with Crippen molar-refractivity contribution in [3.8, 4) is 0 Å². The highest BCUT2D eigenvalue weighted by atomic mass is 16.3. The Hall–Kier alpha value is -0.380. The molecule has 0 atom stereocenters. The van der Waals surface area contributed by atoms with Gasteiger partial charge in [-0.25, -0.2) is 0 Å². The molecule has 0 aliphatic carbocycles. The molecule has 0 aromatic carbocycles. The molecule has 0 saturated carbocycles. The van der Waals surface area contributed by atoms with Crippen molar-refractivity contribution in [1.82, 2.24) is 10.2 Å². The summed E-state index contributed by atoms with van der Waals surface area (Å²) in [6.07, 6.45) is 0. The number of hydrogen-bond acceptors (Lipinski definition) is 3. The molecule has 0 fully saturated rings. The second-order valence-electron chi connectivity index (χ2n) is 4.95. The van der Waals surface area contributed by atoms with Crippen LogP contribution in [0.5, 0.6) is 0 Å². The molecule has 0 amide bonds. The van der Waals surface area contributed by atoms with Gasteiger partial charge in [-0.2, -0.15) is 0 Å². The van der Waals surface area contributed by atoms with Gasteiger partial charge in [0.15, 0.2) is 0 Å². The van der Waals surface area contributed by atoms with E-state index in [1.54, 1.807) is 0 Å². The van der Waals surface area contributed by atoms with E-state index in [2.05, 4.69) is 44.5 Å². The van der Waals surface area contributed by atoms with Crippen LogP contribution < -0.4 is 5.32 Å². The zero-order valence-electron chi connectivity index (χ0n) is 10.6. The molecular weight excluding hydrogens is 188 g/mol. The third-order valence-electron chi connectivity index (χ3n) is 2.18. The fourth-order valence-electron chi connectivity index (χ4n) is 1.25. The van der Waals surface area contributed by atoms with Crippen LogP contribution in [0.3, 0.4) is 0 Å². The van der Waals surface area contributed by atoms with Crippen molar-refractivity contribution in [2.45, 2.75) is 33.2 Å². The Morgan fingerprint density at radius 3 is 2.40 bits per heavy atom. The van der Waals surface area contributed by atoms with Crippen LogP contribution in [-0.2, 0) is 0 Å². The van der Waals surface area contributed by atoms with Gasteiger partial charge in [0.05, 0.1) is 6.61 Å². The average molecular weight is 214 g/mol. The molecule has 0 aliphatic heterocycles. The Balaban J connectivity index is 3.81. The van der Waals surface area contributed by atoms with E-state index in [9.17, 15) is 0 Å². The molecule has 0 aromatic rings. The van der Waals surface area contributed by atoms with Gasteiger partial charge >= 0.3 is 0 Å². The Labute approximate surface area is 94.2 Å². The molecule has 0 bridgehead atoms. The summed E-state index contributed by atoms with van der Waals surface area (Å²) >= 11 is 0. The van der Waals surface area contributed by atoms with Gasteiger partial charge in [0.25, 0.3) is 0 Å². The normalized spacial score (nSPS) is 12.1. The summed E-state index contributed by atoms with van der Waals surface area (Å²) in [5.74, 6) is 0. The molecule has 0 unspecified atom stereocenters. The number of aliphatic hydroxyl groups is 1. The minimum atomic E-state index is 0.136. The highest BCUT2D eigenvalue weighted by molar-refractivity contribution is 5.01. The molecule has 0 rings (SSSR count). The molecule has 0 heterocycles. The number of rotatable bonds is 7. The van der Waals surface area contributed by atoms with Crippen LogP contribution in [0.2, 0.25) is 0 Å². The van der Waals surface area contributed by atoms with Crippen LogP contribution >= 0.6 is 0 Å². The summed E-state index contributed by atoms with van der Waals surface area (Å²) < 4.78 is 0. The molecule has 0 saturated heterocycles. The lowest BCUT2D eigenvalue weighted by Crippen LogP contribution is -2.39. The summed E-state index contributed by atoms with van der Waals surface area (Å²) in [6, 6.07) is 0. The van der Waals surface area contributed by atoms with Crippen molar-refractivity contribution in [3.63, 3.8) is 0 Å². The second kappa shape index (κ2) is 6.99.